The second-order valence-corrected chi connectivity index (χ2v) is 7.06. The highest BCUT2D eigenvalue weighted by atomic mass is 32.1. The molecule has 0 amide bonds. The van der Waals surface area contributed by atoms with Crippen LogP contribution in [0.25, 0.3) is 0 Å². The second-order valence-electron chi connectivity index (χ2n) is 5.99. The molecule has 2 unspecified atom stereocenters. The highest BCUT2D eigenvalue weighted by Gasteiger charge is 2.34. The normalized spacial score (nSPS) is 29.4. The van der Waals surface area contributed by atoms with Gasteiger partial charge in [-0.25, -0.2) is 4.98 Å². The molecule has 0 aliphatic carbocycles. The molecule has 2 atom stereocenters. The summed E-state index contributed by atoms with van der Waals surface area (Å²) in [6.07, 6.45) is 5.47. The zero-order valence-electron chi connectivity index (χ0n) is 12.1. The number of aryl methyl sites for hydroxylation is 1. The van der Waals surface area contributed by atoms with Gasteiger partial charge in [-0.2, -0.15) is 0 Å². The first-order valence-corrected chi connectivity index (χ1v) is 8.53. The number of nitrogens with zero attached hydrogens (tertiary/aromatic N) is 3. The van der Waals surface area contributed by atoms with Gasteiger partial charge < -0.3 is 0 Å². The Kier molecular flexibility index (Phi) is 4.20. The Morgan fingerprint density at radius 1 is 1.37 bits per heavy atom. The number of piperazine rings is 1. The molecule has 3 rings (SSSR count). The maximum Gasteiger partial charge on any atom is 0.0897 e. The summed E-state index contributed by atoms with van der Waals surface area (Å²) in [7, 11) is 0. The van der Waals surface area contributed by atoms with Crippen LogP contribution >= 0.6 is 11.3 Å². The molecular formula is C15H25N3S. The van der Waals surface area contributed by atoms with Gasteiger partial charge in [-0.15, -0.1) is 11.3 Å². The first kappa shape index (κ1) is 13.5. The molecule has 0 N–H and O–H groups in total. The van der Waals surface area contributed by atoms with Crippen molar-refractivity contribution in [3.05, 3.63) is 16.1 Å². The Balaban J connectivity index is 1.68. The Morgan fingerprint density at radius 2 is 2.26 bits per heavy atom. The van der Waals surface area contributed by atoms with Crippen molar-refractivity contribution < 1.29 is 0 Å². The van der Waals surface area contributed by atoms with E-state index in [0.717, 1.165) is 18.6 Å². The van der Waals surface area contributed by atoms with E-state index < -0.39 is 0 Å². The van der Waals surface area contributed by atoms with Crippen LogP contribution in [0.15, 0.2) is 5.38 Å². The summed E-state index contributed by atoms with van der Waals surface area (Å²) in [5, 5.41) is 3.43. The molecule has 1 aromatic rings. The lowest BCUT2D eigenvalue weighted by atomic mass is 9.96. The molecule has 0 aromatic carbocycles. The van der Waals surface area contributed by atoms with Gasteiger partial charge in [0.2, 0.25) is 0 Å². The number of fused-ring (bicyclic) bond motifs is 1. The van der Waals surface area contributed by atoms with Gasteiger partial charge in [-0.05, 0) is 32.7 Å². The van der Waals surface area contributed by atoms with Crippen LogP contribution in [0.2, 0.25) is 0 Å². The van der Waals surface area contributed by atoms with Crippen molar-refractivity contribution in [1.82, 2.24) is 14.8 Å². The number of aromatic nitrogens is 1. The van der Waals surface area contributed by atoms with E-state index in [0.29, 0.717) is 0 Å². The first-order chi connectivity index (χ1) is 9.26. The van der Waals surface area contributed by atoms with Crippen molar-refractivity contribution >= 4 is 11.3 Å². The SMILES string of the molecule is CCC1CN2CCCCC2CN1Cc1csc(C)n1. The largest absolute Gasteiger partial charge is 0.298 e. The van der Waals surface area contributed by atoms with Crippen LogP contribution in [0, 0.1) is 6.92 Å². The maximum absolute atomic E-state index is 4.64. The molecule has 19 heavy (non-hydrogen) atoms. The van der Waals surface area contributed by atoms with E-state index in [1.54, 1.807) is 11.3 Å². The van der Waals surface area contributed by atoms with Crippen LogP contribution in [0.1, 0.15) is 43.3 Å². The van der Waals surface area contributed by atoms with Crippen molar-refractivity contribution in [3.8, 4) is 0 Å². The van der Waals surface area contributed by atoms with Crippen molar-refractivity contribution in [3.63, 3.8) is 0 Å². The van der Waals surface area contributed by atoms with E-state index in [1.807, 2.05) is 0 Å². The smallest absolute Gasteiger partial charge is 0.0897 e. The minimum Gasteiger partial charge on any atom is -0.298 e. The van der Waals surface area contributed by atoms with E-state index in [4.69, 9.17) is 0 Å². The quantitative estimate of drug-likeness (QED) is 0.848. The van der Waals surface area contributed by atoms with Crippen LogP contribution in [-0.4, -0.2) is 46.5 Å². The Bertz CT molecular complexity index is 417. The number of thiazole rings is 1. The Morgan fingerprint density at radius 3 is 3.00 bits per heavy atom. The third-order valence-corrected chi connectivity index (χ3v) is 5.48. The lowest BCUT2D eigenvalue weighted by Crippen LogP contribution is -2.58. The van der Waals surface area contributed by atoms with Crippen molar-refractivity contribution in [1.29, 1.82) is 0 Å². The van der Waals surface area contributed by atoms with E-state index >= 15 is 0 Å². The average Bonchev–Trinajstić information content (AvgIpc) is 2.83. The zero-order chi connectivity index (χ0) is 13.2. The third kappa shape index (κ3) is 3.01. The number of hydrogen-bond donors (Lipinski definition) is 0. The lowest BCUT2D eigenvalue weighted by molar-refractivity contribution is 0.00276. The van der Waals surface area contributed by atoms with Crippen LogP contribution < -0.4 is 0 Å². The fourth-order valence-corrected chi connectivity index (χ4v) is 4.19. The fraction of sp³-hybridized carbons (Fsp3) is 0.800. The van der Waals surface area contributed by atoms with E-state index in [9.17, 15) is 0 Å². The number of rotatable bonds is 3. The minimum absolute atomic E-state index is 0.719. The van der Waals surface area contributed by atoms with Gasteiger partial charge in [0.05, 0.1) is 10.7 Å². The molecule has 0 spiro atoms. The molecule has 3 heterocycles. The summed E-state index contributed by atoms with van der Waals surface area (Å²) in [6.45, 7) is 9.32. The lowest BCUT2D eigenvalue weighted by Gasteiger charge is -2.48. The fourth-order valence-electron chi connectivity index (χ4n) is 3.58. The average molecular weight is 279 g/mol. The summed E-state index contributed by atoms with van der Waals surface area (Å²) in [6, 6.07) is 1.52. The maximum atomic E-state index is 4.64. The van der Waals surface area contributed by atoms with Gasteiger partial charge >= 0.3 is 0 Å². The van der Waals surface area contributed by atoms with Crippen molar-refractivity contribution in [2.45, 2.75) is 58.2 Å². The standard InChI is InChI=1S/C15H25N3S/c1-3-14-9-17-7-5-4-6-15(17)10-18(14)8-13-11-19-12(2)16-13/h11,14-15H,3-10H2,1-2H3. The molecule has 0 saturated carbocycles. The molecule has 2 aliphatic heterocycles. The number of hydrogen-bond acceptors (Lipinski definition) is 4. The summed E-state index contributed by atoms with van der Waals surface area (Å²) < 4.78 is 0. The molecule has 2 saturated heterocycles. The van der Waals surface area contributed by atoms with Crippen molar-refractivity contribution in [2.75, 3.05) is 19.6 Å². The van der Waals surface area contributed by atoms with Crippen LogP contribution in [-0.2, 0) is 6.54 Å². The third-order valence-electron chi connectivity index (χ3n) is 4.66. The summed E-state index contributed by atoms with van der Waals surface area (Å²) in [5.41, 5.74) is 1.27. The summed E-state index contributed by atoms with van der Waals surface area (Å²) in [4.78, 5) is 10.1. The van der Waals surface area contributed by atoms with Gasteiger partial charge in [0.1, 0.15) is 0 Å². The topological polar surface area (TPSA) is 19.4 Å². The molecule has 0 radical (unpaired) electrons. The molecule has 0 bridgehead atoms. The zero-order valence-corrected chi connectivity index (χ0v) is 13.0. The van der Waals surface area contributed by atoms with Gasteiger partial charge in [0, 0.05) is 37.1 Å². The molecule has 2 aliphatic rings. The van der Waals surface area contributed by atoms with Crippen LogP contribution in [0.5, 0.6) is 0 Å². The highest BCUT2D eigenvalue weighted by Crippen LogP contribution is 2.26. The van der Waals surface area contributed by atoms with Gasteiger partial charge in [0.25, 0.3) is 0 Å². The Hall–Kier alpha value is -0.450. The van der Waals surface area contributed by atoms with Gasteiger partial charge in [0.15, 0.2) is 0 Å². The summed E-state index contributed by atoms with van der Waals surface area (Å²) in [5.74, 6) is 0. The predicted octanol–water partition coefficient (Wildman–Crippen LogP) is 2.90. The molecule has 106 valence electrons. The monoisotopic (exact) mass is 279 g/mol. The molecular weight excluding hydrogens is 254 g/mol. The summed E-state index contributed by atoms with van der Waals surface area (Å²) >= 11 is 1.78. The van der Waals surface area contributed by atoms with Gasteiger partial charge in [-0.1, -0.05) is 13.3 Å². The predicted molar refractivity (Wildman–Crippen MR) is 80.6 cm³/mol. The molecule has 1 aromatic heterocycles. The molecule has 2 fully saturated rings. The van der Waals surface area contributed by atoms with Crippen LogP contribution in [0.3, 0.4) is 0 Å². The van der Waals surface area contributed by atoms with E-state index in [-0.39, 0.29) is 0 Å². The van der Waals surface area contributed by atoms with E-state index in [1.165, 1.54) is 56.0 Å². The molecule has 3 nitrogen and oxygen atoms in total. The minimum atomic E-state index is 0.719. The van der Waals surface area contributed by atoms with Crippen molar-refractivity contribution in [2.24, 2.45) is 0 Å². The highest BCUT2D eigenvalue weighted by molar-refractivity contribution is 7.09. The Labute approximate surface area is 120 Å². The molecule has 4 heteroatoms. The first-order valence-electron chi connectivity index (χ1n) is 7.65. The number of piperidine rings is 1. The van der Waals surface area contributed by atoms with E-state index in [2.05, 4.69) is 34.0 Å². The second kappa shape index (κ2) is 5.90. The van der Waals surface area contributed by atoms with Crippen LogP contribution in [0.4, 0.5) is 0 Å². The van der Waals surface area contributed by atoms with Gasteiger partial charge in [-0.3, -0.25) is 9.80 Å².